The number of unbranched alkanes of at least 4 members (excludes halogenated alkanes) is 2. The fraction of sp³-hybridized carbons (Fsp3) is 0.333. The van der Waals surface area contributed by atoms with E-state index in [1.165, 1.54) is 0 Å². The predicted molar refractivity (Wildman–Crippen MR) is 74.5 cm³/mol. The minimum Gasteiger partial charge on any atom is -0.311 e. The number of fused-ring (bicyclic) bond motifs is 1. The highest BCUT2D eigenvalue weighted by atomic mass is 16.1. The maximum atomic E-state index is 11.7. The van der Waals surface area contributed by atoms with Gasteiger partial charge in [0.2, 0.25) is 5.91 Å². The fourth-order valence-corrected chi connectivity index (χ4v) is 1.88. The molecule has 0 bridgehead atoms. The summed E-state index contributed by atoms with van der Waals surface area (Å²) in [5, 5.41) is 3.93. The third-order valence-electron chi connectivity index (χ3n) is 2.87. The zero-order chi connectivity index (χ0) is 12.8. The molecule has 1 heterocycles. The molecule has 0 saturated heterocycles. The molecule has 0 aliphatic rings. The largest absolute Gasteiger partial charge is 0.311 e. The number of rotatable bonds is 5. The summed E-state index contributed by atoms with van der Waals surface area (Å²) in [6, 6.07) is 11.7. The summed E-state index contributed by atoms with van der Waals surface area (Å²) >= 11 is 0. The van der Waals surface area contributed by atoms with Crippen LogP contribution in [0.4, 0.5) is 5.82 Å². The van der Waals surface area contributed by atoms with Crippen molar-refractivity contribution in [2.75, 3.05) is 5.32 Å². The zero-order valence-corrected chi connectivity index (χ0v) is 10.6. The van der Waals surface area contributed by atoms with Gasteiger partial charge in [-0.2, -0.15) is 0 Å². The molecule has 94 valence electrons. The van der Waals surface area contributed by atoms with Crippen molar-refractivity contribution >= 4 is 22.6 Å². The van der Waals surface area contributed by atoms with Gasteiger partial charge in [0.05, 0.1) is 5.52 Å². The molecule has 1 aromatic heterocycles. The molecule has 3 heteroatoms. The molecular weight excluding hydrogens is 224 g/mol. The summed E-state index contributed by atoms with van der Waals surface area (Å²) in [5.74, 6) is 0.682. The Bertz CT molecular complexity index is 537. The maximum absolute atomic E-state index is 11.7. The second-order valence-corrected chi connectivity index (χ2v) is 4.39. The predicted octanol–water partition coefficient (Wildman–Crippen LogP) is 3.75. The smallest absolute Gasteiger partial charge is 0.225 e. The number of anilines is 1. The summed E-state index contributed by atoms with van der Waals surface area (Å²) < 4.78 is 0. The molecular formula is C15H18N2O. The van der Waals surface area contributed by atoms with E-state index in [1.54, 1.807) is 0 Å². The lowest BCUT2D eigenvalue weighted by molar-refractivity contribution is -0.116. The fourth-order valence-electron chi connectivity index (χ4n) is 1.88. The van der Waals surface area contributed by atoms with Crippen LogP contribution >= 0.6 is 0 Å². The molecule has 0 unspecified atom stereocenters. The topological polar surface area (TPSA) is 42.0 Å². The minimum absolute atomic E-state index is 0.0474. The molecule has 2 aromatic rings. The molecule has 0 radical (unpaired) electrons. The first-order chi connectivity index (χ1) is 8.79. The number of para-hydroxylation sites is 1. The Labute approximate surface area is 107 Å². The summed E-state index contributed by atoms with van der Waals surface area (Å²) in [5.41, 5.74) is 0.906. The monoisotopic (exact) mass is 242 g/mol. The molecule has 0 fully saturated rings. The number of aromatic nitrogens is 1. The van der Waals surface area contributed by atoms with Crippen molar-refractivity contribution in [3.05, 3.63) is 36.4 Å². The number of amides is 1. The highest BCUT2D eigenvalue weighted by Crippen LogP contribution is 2.14. The van der Waals surface area contributed by atoms with Gasteiger partial charge in [-0.15, -0.1) is 0 Å². The molecule has 0 saturated carbocycles. The number of pyridine rings is 1. The SMILES string of the molecule is CCCCCC(=O)Nc1ccc2ccccc2n1. The number of carbonyl (C=O) groups is 1. The van der Waals surface area contributed by atoms with Crippen molar-refractivity contribution in [1.82, 2.24) is 4.98 Å². The summed E-state index contributed by atoms with van der Waals surface area (Å²) in [6.07, 6.45) is 3.73. The van der Waals surface area contributed by atoms with E-state index >= 15 is 0 Å². The van der Waals surface area contributed by atoms with Crippen LogP contribution in [0.5, 0.6) is 0 Å². The highest BCUT2D eigenvalue weighted by molar-refractivity contribution is 5.91. The van der Waals surface area contributed by atoms with Crippen LogP contribution in [0.15, 0.2) is 36.4 Å². The summed E-state index contributed by atoms with van der Waals surface area (Å²) in [6.45, 7) is 2.13. The van der Waals surface area contributed by atoms with Gasteiger partial charge in [0.15, 0.2) is 0 Å². The van der Waals surface area contributed by atoms with Gasteiger partial charge in [-0.3, -0.25) is 4.79 Å². The lowest BCUT2D eigenvalue weighted by Crippen LogP contribution is -2.12. The molecule has 1 aromatic carbocycles. The van der Waals surface area contributed by atoms with Crippen molar-refractivity contribution in [3.63, 3.8) is 0 Å². The number of nitrogens with one attached hydrogen (secondary N) is 1. The molecule has 1 amide bonds. The molecule has 2 rings (SSSR count). The molecule has 3 nitrogen and oxygen atoms in total. The summed E-state index contributed by atoms with van der Waals surface area (Å²) in [7, 11) is 0. The van der Waals surface area contributed by atoms with Crippen LogP contribution in [0.2, 0.25) is 0 Å². The van der Waals surface area contributed by atoms with Crippen LogP contribution in [0.3, 0.4) is 0 Å². The Morgan fingerprint density at radius 3 is 2.83 bits per heavy atom. The van der Waals surface area contributed by atoms with Gasteiger partial charge in [0.25, 0.3) is 0 Å². The summed E-state index contributed by atoms with van der Waals surface area (Å²) in [4.78, 5) is 16.1. The lowest BCUT2D eigenvalue weighted by Gasteiger charge is -2.05. The van der Waals surface area contributed by atoms with E-state index in [2.05, 4.69) is 17.2 Å². The van der Waals surface area contributed by atoms with Gasteiger partial charge in [-0.25, -0.2) is 4.98 Å². The van der Waals surface area contributed by atoms with Crippen molar-refractivity contribution in [2.24, 2.45) is 0 Å². The Balaban J connectivity index is 2.01. The van der Waals surface area contributed by atoms with E-state index < -0.39 is 0 Å². The maximum Gasteiger partial charge on any atom is 0.225 e. The molecule has 0 aliphatic carbocycles. The van der Waals surface area contributed by atoms with Crippen molar-refractivity contribution in [1.29, 1.82) is 0 Å². The van der Waals surface area contributed by atoms with Gasteiger partial charge in [-0.05, 0) is 24.6 Å². The van der Waals surface area contributed by atoms with Gasteiger partial charge >= 0.3 is 0 Å². The number of benzene rings is 1. The Morgan fingerprint density at radius 1 is 1.17 bits per heavy atom. The number of carbonyl (C=O) groups excluding carboxylic acids is 1. The highest BCUT2D eigenvalue weighted by Gasteiger charge is 2.03. The first-order valence-electron chi connectivity index (χ1n) is 6.45. The van der Waals surface area contributed by atoms with Crippen LogP contribution < -0.4 is 5.32 Å². The number of hydrogen-bond acceptors (Lipinski definition) is 2. The van der Waals surface area contributed by atoms with Gasteiger partial charge in [-0.1, -0.05) is 38.0 Å². The zero-order valence-electron chi connectivity index (χ0n) is 10.6. The van der Waals surface area contributed by atoms with Gasteiger partial charge < -0.3 is 5.32 Å². The third kappa shape index (κ3) is 3.29. The molecule has 0 spiro atoms. The average molecular weight is 242 g/mol. The minimum atomic E-state index is 0.0474. The van der Waals surface area contributed by atoms with Crippen LogP contribution in [-0.4, -0.2) is 10.9 Å². The van der Waals surface area contributed by atoms with Crippen molar-refractivity contribution in [2.45, 2.75) is 32.6 Å². The van der Waals surface area contributed by atoms with E-state index in [9.17, 15) is 4.79 Å². The number of nitrogens with zero attached hydrogens (tertiary/aromatic N) is 1. The molecule has 0 aliphatic heterocycles. The van der Waals surface area contributed by atoms with Gasteiger partial charge in [0.1, 0.15) is 5.82 Å². The first kappa shape index (κ1) is 12.6. The van der Waals surface area contributed by atoms with Crippen LogP contribution in [0.1, 0.15) is 32.6 Å². The first-order valence-corrected chi connectivity index (χ1v) is 6.45. The standard InChI is InChI=1S/C15H18N2O/c1-2-3-4-9-15(18)17-14-11-10-12-7-5-6-8-13(12)16-14/h5-8,10-11H,2-4,9H2,1H3,(H,16,17,18). The molecule has 0 atom stereocenters. The number of hydrogen-bond donors (Lipinski definition) is 1. The molecule has 18 heavy (non-hydrogen) atoms. The third-order valence-corrected chi connectivity index (χ3v) is 2.87. The quantitative estimate of drug-likeness (QED) is 0.811. The molecule has 1 N–H and O–H groups in total. The Hall–Kier alpha value is -1.90. The van der Waals surface area contributed by atoms with Crippen LogP contribution in [0, 0.1) is 0 Å². The second-order valence-electron chi connectivity index (χ2n) is 4.39. The van der Waals surface area contributed by atoms with Crippen LogP contribution in [-0.2, 0) is 4.79 Å². The van der Waals surface area contributed by atoms with Crippen LogP contribution in [0.25, 0.3) is 10.9 Å². The van der Waals surface area contributed by atoms with E-state index in [1.807, 2.05) is 36.4 Å². The second kappa shape index (κ2) is 6.15. The van der Waals surface area contributed by atoms with E-state index in [-0.39, 0.29) is 5.91 Å². The average Bonchev–Trinajstić information content (AvgIpc) is 2.39. The normalized spacial score (nSPS) is 10.5. The van der Waals surface area contributed by atoms with E-state index in [0.29, 0.717) is 12.2 Å². The van der Waals surface area contributed by atoms with Gasteiger partial charge in [0, 0.05) is 11.8 Å². The van der Waals surface area contributed by atoms with E-state index in [0.717, 1.165) is 30.2 Å². The van der Waals surface area contributed by atoms with Crippen molar-refractivity contribution in [3.8, 4) is 0 Å². The van der Waals surface area contributed by atoms with Crippen molar-refractivity contribution < 1.29 is 4.79 Å². The van der Waals surface area contributed by atoms with E-state index in [4.69, 9.17) is 0 Å². The Morgan fingerprint density at radius 2 is 2.00 bits per heavy atom. The lowest BCUT2D eigenvalue weighted by atomic mass is 10.2. The Kier molecular flexibility index (Phi) is 4.29.